The molecule has 8 heteroatoms. The average Bonchev–Trinajstić information content (AvgIpc) is 2.39. The summed E-state index contributed by atoms with van der Waals surface area (Å²) in [6.07, 6.45) is 0. The Kier molecular flexibility index (Phi) is 16.5. The third kappa shape index (κ3) is 14.8. The van der Waals surface area contributed by atoms with Crippen LogP contribution in [0.25, 0.3) is 0 Å². The molecule has 0 saturated heterocycles. The van der Waals surface area contributed by atoms with E-state index in [1.165, 1.54) is 0 Å². The number of ether oxygens (including phenoxy) is 5. The molecule has 0 aromatic heterocycles. The number of rotatable bonds is 13. The highest BCUT2D eigenvalue weighted by molar-refractivity contribution is 14.1. The molecular formula is C10H18I2O6. The van der Waals surface area contributed by atoms with Gasteiger partial charge in [0.05, 0.1) is 37.5 Å². The molecule has 0 unspecified atom stereocenters. The normalized spacial score (nSPS) is 10.6. The molecule has 18 heavy (non-hydrogen) atoms. The molecule has 0 aromatic carbocycles. The monoisotopic (exact) mass is 488 g/mol. The zero-order chi connectivity index (χ0) is 13.5. The first kappa shape index (κ1) is 18.8. The maximum atomic E-state index is 10.8. The van der Waals surface area contributed by atoms with E-state index in [2.05, 4.69) is 22.6 Å². The molecular weight excluding hydrogens is 470 g/mol. The van der Waals surface area contributed by atoms with Crippen molar-refractivity contribution in [3.05, 3.63) is 0 Å². The summed E-state index contributed by atoms with van der Waals surface area (Å²) in [7, 11) is 0. The van der Waals surface area contributed by atoms with Gasteiger partial charge in [0.15, 0.2) is 0 Å². The van der Waals surface area contributed by atoms with Crippen molar-refractivity contribution in [3.63, 3.8) is 0 Å². The van der Waals surface area contributed by atoms with Crippen molar-refractivity contribution in [3.8, 4) is 0 Å². The maximum Gasteiger partial charge on any atom is 0.315 e. The molecule has 0 saturated carbocycles. The van der Waals surface area contributed by atoms with Gasteiger partial charge in [0.25, 0.3) is 0 Å². The van der Waals surface area contributed by atoms with Crippen LogP contribution in [0.2, 0.25) is 0 Å². The zero-order valence-electron chi connectivity index (χ0n) is 10.1. The number of hydrogen-bond acceptors (Lipinski definition) is 6. The summed E-state index contributed by atoms with van der Waals surface area (Å²) in [5.41, 5.74) is 0. The van der Waals surface area contributed by atoms with Crippen molar-refractivity contribution in [1.82, 2.24) is 0 Å². The Labute approximate surface area is 134 Å². The molecule has 108 valence electrons. The van der Waals surface area contributed by atoms with Crippen LogP contribution in [0.15, 0.2) is 0 Å². The van der Waals surface area contributed by atoms with E-state index >= 15 is 0 Å². The van der Waals surface area contributed by atoms with E-state index in [1.807, 2.05) is 22.6 Å². The van der Waals surface area contributed by atoms with E-state index < -0.39 is 0 Å². The van der Waals surface area contributed by atoms with Gasteiger partial charge in [-0.3, -0.25) is 4.79 Å². The molecule has 0 N–H and O–H groups in total. The Morgan fingerprint density at radius 2 is 1.33 bits per heavy atom. The van der Waals surface area contributed by atoms with Crippen LogP contribution in [0, 0.1) is 0 Å². The van der Waals surface area contributed by atoms with Crippen LogP contribution in [0.5, 0.6) is 0 Å². The molecule has 0 atom stereocenters. The van der Waals surface area contributed by atoms with Gasteiger partial charge in [0.2, 0.25) is 0 Å². The number of halogens is 2. The number of hydrogen-bond donors (Lipinski definition) is 0. The first-order valence-corrected chi connectivity index (χ1v) is 8.45. The Hall–Kier alpha value is 0.770. The van der Waals surface area contributed by atoms with Crippen LogP contribution in [-0.2, 0) is 28.5 Å². The minimum absolute atomic E-state index is 0.221. The second-order valence-electron chi connectivity index (χ2n) is 2.92. The fourth-order valence-electron chi connectivity index (χ4n) is 0.842. The van der Waals surface area contributed by atoms with Gasteiger partial charge >= 0.3 is 5.97 Å². The number of carbonyl (C=O) groups is 1. The van der Waals surface area contributed by atoms with Gasteiger partial charge in [0.1, 0.15) is 18.0 Å². The average molecular weight is 488 g/mol. The lowest BCUT2D eigenvalue weighted by molar-refractivity contribution is -0.141. The standard InChI is InChI=1S/C10H18I2O6/c11-7-10(13)18-6-5-15-2-1-14-3-4-16-9-17-8-12/h1-9H2. The van der Waals surface area contributed by atoms with Crippen molar-refractivity contribution >= 4 is 51.2 Å². The van der Waals surface area contributed by atoms with Gasteiger partial charge in [-0.05, 0) is 0 Å². The highest BCUT2D eigenvalue weighted by Gasteiger charge is 1.98. The zero-order valence-corrected chi connectivity index (χ0v) is 14.4. The summed E-state index contributed by atoms with van der Waals surface area (Å²) in [5, 5.41) is 0. The molecule has 0 aliphatic rings. The van der Waals surface area contributed by atoms with E-state index in [0.29, 0.717) is 55.5 Å². The van der Waals surface area contributed by atoms with E-state index in [0.717, 1.165) is 0 Å². The van der Waals surface area contributed by atoms with Gasteiger partial charge in [-0.25, -0.2) is 0 Å². The summed E-state index contributed by atoms with van der Waals surface area (Å²) >= 11 is 4.05. The highest BCUT2D eigenvalue weighted by Crippen LogP contribution is 1.88. The van der Waals surface area contributed by atoms with Crippen molar-refractivity contribution in [2.75, 3.05) is 55.5 Å². The predicted molar refractivity (Wildman–Crippen MR) is 82.3 cm³/mol. The van der Waals surface area contributed by atoms with Gasteiger partial charge in [0, 0.05) is 0 Å². The fraction of sp³-hybridized carbons (Fsp3) is 0.900. The summed E-state index contributed by atoms with van der Waals surface area (Å²) in [5.74, 6) is -0.221. The third-order valence-corrected chi connectivity index (χ3v) is 2.65. The van der Waals surface area contributed by atoms with Crippen LogP contribution in [0.1, 0.15) is 0 Å². The Balaban J connectivity index is 2.97. The van der Waals surface area contributed by atoms with Gasteiger partial charge < -0.3 is 23.7 Å². The minimum Gasteiger partial charge on any atom is -0.463 e. The lowest BCUT2D eigenvalue weighted by Crippen LogP contribution is -2.14. The molecule has 0 aliphatic heterocycles. The first-order valence-electron chi connectivity index (χ1n) is 5.39. The third-order valence-electron chi connectivity index (χ3n) is 1.59. The van der Waals surface area contributed by atoms with Gasteiger partial charge in [-0.2, -0.15) is 0 Å². The van der Waals surface area contributed by atoms with Crippen LogP contribution in [-0.4, -0.2) is 61.4 Å². The van der Waals surface area contributed by atoms with Crippen LogP contribution < -0.4 is 0 Å². The molecule has 6 nitrogen and oxygen atoms in total. The Morgan fingerprint density at radius 3 is 1.89 bits per heavy atom. The van der Waals surface area contributed by atoms with Crippen LogP contribution in [0.3, 0.4) is 0 Å². The van der Waals surface area contributed by atoms with Crippen molar-refractivity contribution in [1.29, 1.82) is 0 Å². The smallest absolute Gasteiger partial charge is 0.315 e. The molecule has 0 heterocycles. The summed E-state index contributed by atoms with van der Waals surface area (Å²) < 4.78 is 26.3. The molecule has 0 rings (SSSR count). The molecule has 0 aliphatic carbocycles. The molecule has 0 aromatic rings. The molecule has 0 spiro atoms. The second-order valence-corrected chi connectivity index (χ2v) is 4.30. The van der Waals surface area contributed by atoms with E-state index in [4.69, 9.17) is 23.7 Å². The Morgan fingerprint density at radius 1 is 0.778 bits per heavy atom. The summed E-state index contributed by atoms with van der Waals surface area (Å²) in [4.78, 5) is 10.8. The Bertz CT molecular complexity index is 193. The van der Waals surface area contributed by atoms with Crippen molar-refractivity contribution in [2.45, 2.75) is 0 Å². The topological polar surface area (TPSA) is 63.2 Å². The summed E-state index contributed by atoms with van der Waals surface area (Å²) in [6, 6.07) is 0. The quantitative estimate of drug-likeness (QED) is 0.129. The number of esters is 1. The molecule has 0 fully saturated rings. The van der Waals surface area contributed by atoms with Crippen molar-refractivity contribution < 1.29 is 28.5 Å². The van der Waals surface area contributed by atoms with Crippen LogP contribution >= 0.6 is 45.2 Å². The largest absolute Gasteiger partial charge is 0.463 e. The lowest BCUT2D eigenvalue weighted by Gasteiger charge is -2.06. The van der Waals surface area contributed by atoms with Crippen molar-refractivity contribution in [2.24, 2.45) is 0 Å². The van der Waals surface area contributed by atoms with E-state index in [-0.39, 0.29) is 5.97 Å². The van der Waals surface area contributed by atoms with Gasteiger partial charge in [-0.15, -0.1) is 0 Å². The highest BCUT2D eigenvalue weighted by atomic mass is 127. The number of alkyl halides is 2. The van der Waals surface area contributed by atoms with Gasteiger partial charge in [-0.1, -0.05) is 45.2 Å². The maximum absolute atomic E-state index is 10.8. The van der Waals surface area contributed by atoms with E-state index in [1.54, 1.807) is 0 Å². The van der Waals surface area contributed by atoms with Crippen LogP contribution in [0.4, 0.5) is 0 Å². The second kappa shape index (κ2) is 15.8. The minimum atomic E-state index is -0.221. The fourth-order valence-corrected chi connectivity index (χ4v) is 1.24. The van der Waals surface area contributed by atoms with E-state index in [9.17, 15) is 4.79 Å². The number of carbonyl (C=O) groups excluding carboxylic acids is 1. The lowest BCUT2D eigenvalue weighted by atomic mass is 10.7. The molecule has 0 amide bonds. The molecule has 0 bridgehead atoms. The summed E-state index contributed by atoms with van der Waals surface area (Å²) in [6.45, 7) is 2.97. The first-order chi connectivity index (χ1) is 8.81. The molecule has 0 radical (unpaired) electrons. The SMILES string of the molecule is O=C(CI)OCCOCCOCCOCOCI. The predicted octanol–water partition coefficient (Wildman–Crippen LogP) is 1.38.